The molecule has 1 saturated carbocycles. The smallest absolute Gasteiger partial charge is 0.251 e. The molecular weight excluding hydrogens is 366 g/mol. The summed E-state index contributed by atoms with van der Waals surface area (Å²) in [5.41, 5.74) is 3.49. The number of piperazine rings is 1. The Hall–Kier alpha value is -0.870. The van der Waals surface area contributed by atoms with Crippen molar-refractivity contribution in [3.05, 3.63) is 29.8 Å². The zero-order valence-corrected chi connectivity index (χ0v) is 18.0. The van der Waals surface area contributed by atoms with Crippen molar-refractivity contribution in [2.45, 2.75) is 59.3 Å². The number of rotatable bonds is 4. The van der Waals surface area contributed by atoms with Crippen LogP contribution >= 0.6 is 12.4 Å². The minimum absolute atomic E-state index is 0. The summed E-state index contributed by atoms with van der Waals surface area (Å²) in [4.78, 5) is 4.29. The van der Waals surface area contributed by atoms with Crippen LogP contribution in [-0.4, -0.2) is 44.0 Å². The summed E-state index contributed by atoms with van der Waals surface area (Å²) in [7, 11) is 0. The van der Waals surface area contributed by atoms with Gasteiger partial charge in [-0.05, 0) is 47.6 Å². The van der Waals surface area contributed by atoms with E-state index in [-0.39, 0.29) is 19.0 Å². The average molecular weight is 401 g/mol. The van der Waals surface area contributed by atoms with Gasteiger partial charge >= 0.3 is 0 Å². The molecule has 1 aromatic rings. The molecular formula is C22H35ClF2N2. The van der Waals surface area contributed by atoms with Crippen molar-refractivity contribution in [3.63, 3.8) is 0 Å². The number of hydrogen-bond donors (Lipinski definition) is 0. The van der Waals surface area contributed by atoms with Crippen LogP contribution in [-0.2, 0) is 0 Å². The summed E-state index contributed by atoms with van der Waals surface area (Å²) in [6.45, 7) is 12.6. The highest BCUT2D eigenvalue weighted by Gasteiger charge is 2.39. The molecule has 1 aliphatic heterocycles. The van der Waals surface area contributed by atoms with Gasteiger partial charge in [0.25, 0.3) is 6.43 Å². The molecule has 0 radical (unpaired) electrons. The first-order valence-corrected chi connectivity index (χ1v) is 10.00. The van der Waals surface area contributed by atoms with Gasteiger partial charge in [-0.1, -0.05) is 45.9 Å². The van der Waals surface area contributed by atoms with E-state index in [1.807, 2.05) is 4.90 Å². The molecule has 2 fully saturated rings. The molecule has 3 rings (SSSR count). The fourth-order valence-electron chi connectivity index (χ4n) is 5.55. The Morgan fingerprint density at radius 2 is 1.52 bits per heavy atom. The lowest BCUT2D eigenvalue weighted by molar-refractivity contribution is 0.0853. The van der Waals surface area contributed by atoms with Crippen molar-refractivity contribution in [2.75, 3.05) is 37.6 Å². The molecule has 0 N–H and O–H groups in total. The minimum Gasteiger partial charge on any atom is -0.369 e. The Labute approximate surface area is 169 Å². The summed E-state index contributed by atoms with van der Waals surface area (Å²) in [5.74, 6) is 0.573. The van der Waals surface area contributed by atoms with E-state index in [0.29, 0.717) is 16.7 Å². The lowest BCUT2D eigenvalue weighted by Gasteiger charge is -2.46. The molecule has 1 saturated heterocycles. The maximum absolute atomic E-state index is 12.6. The van der Waals surface area contributed by atoms with Gasteiger partial charge in [0, 0.05) is 31.9 Å². The van der Waals surface area contributed by atoms with E-state index in [1.165, 1.54) is 30.5 Å². The number of hydrogen-bond acceptors (Lipinski definition) is 2. The Kier molecular flexibility index (Phi) is 7.18. The predicted octanol–water partition coefficient (Wildman–Crippen LogP) is 5.82. The van der Waals surface area contributed by atoms with Gasteiger partial charge in [-0.3, -0.25) is 4.90 Å². The normalized spacial score (nSPS) is 23.3. The van der Waals surface area contributed by atoms with Gasteiger partial charge in [-0.25, -0.2) is 8.78 Å². The standard InChI is InChI=1S/C22H34F2N2.ClH/c1-21(2)13-17(14-22(3,4)16-21)18-7-5-6-8-19(18)26-11-9-25(10-12-26)15-20(23)24;/h5-8,17,20H,9-16H2,1-4H3;1H. The number of halogens is 3. The first kappa shape index (κ1) is 22.4. The maximum Gasteiger partial charge on any atom is 0.251 e. The van der Waals surface area contributed by atoms with Crippen LogP contribution in [0.1, 0.15) is 58.4 Å². The van der Waals surface area contributed by atoms with Crippen LogP contribution in [0.2, 0.25) is 0 Å². The van der Waals surface area contributed by atoms with Gasteiger partial charge in [0.2, 0.25) is 0 Å². The van der Waals surface area contributed by atoms with Gasteiger partial charge in [-0.15, -0.1) is 12.4 Å². The summed E-state index contributed by atoms with van der Waals surface area (Å²) < 4.78 is 25.3. The minimum atomic E-state index is -2.24. The van der Waals surface area contributed by atoms with Gasteiger partial charge in [0.1, 0.15) is 0 Å². The quantitative estimate of drug-likeness (QED) is 0.628. The number of para-hydroxylation sites is 1. The molecule has 0 bridgehead atoms. The third-order valence-corrected chi connectivity index (χ3v) is 6.04. The first-order valence-electron chi connectivity index (χ1n) is 10.00. The monoisotopic (exact) mass is 400 g/mol. The molecule has 1 aliphatic carbocycles. The third kappa shape index (κ3) is 5.80. The van der Waals surface area contributed by atoms with E-state index in [1.54, 1.807) is 0 Å². The van der Waals surface area contributed by atoms with Crippen molar-refractivity contribution in [1.82, 2.24) is 4.90 Å². The topological polar surface area (TPSA) is 6.48 Å². The predicted molar refractivity (Wildman–Crippen MR) is 113 cm³/mol. The van der Waals surface area contributed by atoms with Crippen molar-refractivity contribution in [2.24, 2.45) is 10.8 Å². The molecule has 0 atom stereocenters. The van der Waals surface area contributed by atoms with E-state index < -0.39 is 6.43 Å². The van der Waals surface area contributed by atoms with Gasteiger partial charge in [0.05, 0.1) is 6.54 Å². The fourth-order valence-corrected chi connectivity index (χ4v) is 5.55. The van der Waals surface area contributed by atoms with Crippen molar-refractivity contribution in [1.29, 1.82) is 0 Å². The van der Waals surface area contributed by atoms with E-state index in [0.717, 1.165) is 26.2 Å². The molecule has 2 nitrogen and oxygen atoms in total. The second kappa shape index (κ2) is 8.65. The molecule has 0 aromatic heterocycles. The Balaban J connectivity index is 0.00000261. The molecule has 0 spiro atoms. The van der Waals surface area contributed by atoms with Crippen molar-refractivity contribution < 1.29 is 8.78 Å². The Morgan fingerprint density at radius 3 is 2.07 bits per heavy atom. The number of nitrogens with zero attached hydrogens (tertiary/aromatic N) is 2. The molecule has 27 heavy (non-hydrogen) atoms. The summed E-state index contributed by atoms with van der Waals surface area (Å²) in [5, 5.41) is 0. The van der Waals surface area contributed by atoms with Gasteiger partial charge < -0.3 is 4.90 Å². The van der Waals surface area contributed by atoms with Crippen LogP contribution in [0.25, 0.3) is 0 Å². The summed E-state index contributed by atoms with van der Waals surface area (Å²) in [6.07, 6.45) is 1.48. The highest BCUT2D eigenvalue weighted by Crippen LogP contribution is 2.53. The van der Waals surface area contributed by atoms with Crippen LogP contribution in [0.15, 0.2) is 24.3 Å². The van der Waals surface area contributed by atoms with E-state index in [2.05, 4.69) is 56.9 Å². The number of alkyl halides is 2. The zero-order valence-electron chi connectivity index (χ0n) is 17.2. The third-order valence-electron chi connectivity index (χ3n) is 6.04. The second-order valence-electron chi connectivity index (χ2n) is 9.85. The van der Waals surface area contributed by atoms with Gasteiger partial charge in [0.15, 0.2) is 0 Å². The van der Waals surface area contributed by atoms with Gasteiger partial charge in [-0.2, -0.15) is 0 Å². The Bertz CT molecular complexity index is 594. The molecule has 154 valence electrons. The van der Waals surface area contributed by atoms with E-state index in [4.69, 9.17) is 0 Å². The lowest BCUT2D eigenvalue weighted by atomic mass is 9.60. The molecule has 5 heteroatoms. The van der Waals surface area contributed by atoms with Crippen LogP contribution < -0.4 is 4.90 Å². The first-order chi connectivity index (χ1) is 12.2. The number of benzene rings is 1. The van der Waals surface area contributed by atoms with Crippen LogP contribution in [0, 0.1) is 10.8 Å². The molecule has 0 amide bonds. The number of anilines is 1. The van der Waals surface area contributed by atoms with Crippen LogP contribution in [0.4, 0.5) is 14.5 Å². The largest absolute Gasteiger partial charge is 0.369 e. The average Bonchev–Trinajstić information content (AvgIpc) is 2.52. The zero-order chi connectivity index (χ0) is 18.9. The van der Waals surface area contributed by atoms with Crippen molar-refractivity contribution in [3.8, 4) is 0 Å². The maximum atomic E-state index is 12.6. The molecule has 0 unspecified atom stereocenters. The van der Waals surface area contributed by atoms with Crippen LogP contribution in [0.5, 0.6) is 0 Å². The summed E-state index contributed by atoms with van der Waals surface area (Å²) in [6, 6.07) is 8.79. The molecule has 1 aromatic carbocycles. The lowest BCUT2D eigenvalue weighted by Crippen LogP contribution is -2.48. The summed E-state index contributed by atoms with van der Waals surface area (Å²) >= 11 is 0. The van der Waals surface area contributed by atoms with Crippen molar-refractivity contribution >= 4 is 18.1 Å². The Morgan fingerprint density at radius 1 is 0.963 bits per heavy atom. The highest BCUT2D eigenvalue weighted by atomic mass is 35.5. The SMILES string of the molecule is CC1(C)CC(c2ccccc2N2CCN(CC(F)F)CC2)CC(C)(C)C1.Cl. The molecule has 2 aliphatic rings. The fraction of sp³-hybridized carbons (Fsp3) is 0.727. The molecule has 1 heterocycles. The van der Waals surface area contributed by atoms with Crippen LogP contribution in [0.3, 0.4) is 0 Å². The van der Waals surface area contributed by atoms with E-state index in [9.17, 15) is 8.78 Å². The highest BCUT2D eigenvalue weighted by molar-refractivity contribution is 5.85. The second-order valence-corrected chi connectivity index (χ2v) is 9.85. The van der Waals surface area contributed by atoms with E-state index >= 15 is 0 Å².